The molecule has 3 aromatic carbocycles. The van der Waals surface area contributed by atoms with Crippen molar-refractivity contribution in [2.24, 2.45) is 0 Å². The molecule has 6 rings (SSSR count). The lowest BCUT2D eigenvalue weighted by Gasteiger charge is -2.29. The van der Waals surface area contributed by atoms with Crippen LogP contribution in [0.3, 0.4) is 0 Å². The van der Waals surface area contributed by atoms with E-state index >= 15 is 0 Å². The van der Waals surface area contributed by atoms with E-state index in [1.54, 1.807) is 0 Å². The summed E-state index contributed by atoms with van der Waals surface area (Å²) in [5.74, 6) is -1.51. The molecular formula is C32H28N4O5. The van der Waals surface area contributed by atoms with Crippen molar-refractivity contribution in [2.75, 3.05) is 0 Å². The maximum Gasteiger partial charge on any atom is 0.332 e. The Bertz CT molecular complexity index is 1870. The number of hydrogen-bond donors (Lipinski definition) is 3. The second-order valence-electron chi connectivity index (χ2n) is 10.3. The lowest BCUT2D eigenvalue weighted by atomic mass is 9.95. The van der Waals surface area contributed by atoms with Gasteiger partial charge in [0.25, 0.3) is 5.56 Å². The highest BCUT2D eigenvalue weighted by atomic mass is 16.4. The summed E-state index contributed by atoms with van der Waals surface area (Å²) < 4.78 is 2.50. The molecule has 1 aliphatic heterocycles. The first kappa shape index (κ1) is 26.1. The van der Waals surface area contributed by atoms with Gasteiger partial charge >= 0.3 is 11.7 Å². The third kappa shape index (κ3) is 5.09. The van der Waals surface area contributed by atoms with Crippen LogP contribution in [0.5, 0.6) is 0 Å². The predicted molar refractivity (Wildman–Crippen MR) is 155 cm³/mol. The van der Waals surface area contributed by atoms with Crippen molar-refractivity contribution in [3.63, 3.8) is 0 Å². The Kier molecular flexibility index (Phi) is 6.84. The average Bonchev–Trinajstić information content (AvgIpc) is 3.34. The monoisotopic (exact) mass is 548 g/mol. The number of carbonyl (C=O) groups is 2. The van der Waals surface area contributed by atoms with E-state index in [9.17, 15) is 24.3 Å². The molecule has 2 atom stereocenters. The lowest BCUT2D eigenvalue weighted by molar-refractivity contribution is -0.137. The molecule has 9 heteroatoms. The van der Waals surface area contributed by atoms with E-state index in [-0.39, 0.29) is 19.4 Å². The number of carboxylic acids is 1. The quantitative estimate of drug-likeness (QED) is 0.274. The molecule has 3 heterocycles. The molecule has 0 spiro atoms. The highest BCUT2D eigenvalue weighted by Gasteiger charge is 2.35. The molecule has 0 unspecified atom stereocenters. The molecule has 1 amide bonds. The number of benzene rings is 3. The molecular weight excluding hydrogens is 520 g/mol. The number of carbonyl (C=O) groups excluding carboxylic acids is 1. The SMILES string of the molecule is O=C(O)C[C@H](Cc1ccccc1)NC(=O)[C@@H]1Cc2c([nH]c3ccccc23)-c2cc(=O)n(Cc3ccccc3)c(=O)n21. The van der Waals surface area contributed by atoms with Crippen LogP contribution in [0.25, 0.3) is 22.3 Å². The van der Waals surface area contributed by atoms with E-state index in [0.717, 1.165) is 32.2 Å². The number of fused-ring (bicyclic) bond motifs is 5. The average molecular weight is 549 g/mol. The molecule has 9 nitrogen and oxygen atoms in total. The number of amides is 1. The van der Waals surface area contributed by atoms with Crippen molar-refractivity contribution in [3.8, 4) is 11.4 Å². The second-order valence-corrected chi connectivity index (χ2v) is 10.3. The van der Waals surface area contributed by atoms with Crippen LogP contribution in [0.4, 0.5) is 0 Å². The van der Waals surface area contributed by atoms with Gasteiger partial charge in [0.05, 0.1) is 24.4 Å². The van der Waals surface area contributed by atoms with Crippen molar-refractivity contribution in [2.45, 2.75) is 37.9 Å². The standard InChI is InChI=1S/C32H28N4O5/c37-28-18-26-30-24(23-13-7-8-14-25(23)34-30)17-27(36(26)32(41)35(28)19-21-11-5-2-6-12-21)31(40)33-22(16-29(38)39)15-20-9-3-1-4-10-20/h1-14,18,22,27,34H,15-17,19H2,(H,33,40)(H,38,39)/t22-,27-/m0/s1. The zero-order valence-electron chi connectivity index (χ0n) is 22.1. The summed E-state index contributed by atoms with van der Waals surface area (Å²) in [6.45, 7) is 0.0579. The van der Waals surface area contributed by atoms with Gasteiger partial charge in [0.2, 0.25) is 5.91 Å². The number of aromatic amines is 1. The van der Waals surface area contributed by atoms with E-state index in [2.05, 4.69) is 10.3 Å². The van der Waals surface area contributed by atoms with Crippen LogP contribution in [-0.4, -0.2) is 37.1 Å². The zero-order valence-corrected chi connectivity index (χ0v) is 22.1. The number of nitrogens with one attached hydrogen (secondary N) is 2. The van der Waals surface area contributed by atoms with Crippen molar-refractivity contribution in [3.05, 3.63) is 129 Å². The number of nitrogens with zero attached hydrogens (tertiary/aromatic N) is 2. The van der Waals surface area contributed by atoms with Crippen LogP contribution in [0.1, 0.15) is 29.2 Å². The second kappa shape index (κ2) is 10.8. The van der Waals surface area contributed by atoms with Crippen molar-refractivity contribution < 1.29 is 14.7 Å². The Hall–Kier alpha value is -5.18. The Morgan fingerprint density at radius 1 is 0.927 bits per heavy atom. The highest BCUT2D eigenvalue weighted by molar-refractivity contribution is 5.93. The van der Waals surface area contributed by atoms with E-state index < -0.39 is 35.2 Å². The minimum atomic E-state index is -1.04. The normalized spacial score (nSPS) is 14.7. The third-order valence-electron chi connectivity index (χ3n) is 7.58. The van der Waals surface area contributed by atoms with E-state index in [1.807, 2.05) is 84.9 Å². The molecule has 0 fully saturated rings. The fourth-order valence-electron chi connectivity index (χ4n) is 5.70. The smallest absolute Gasteiger partial charge is 0.332 e. The number of carboxylic acid groups (broad SMARTS) is 1. The number of hydrogen-bond acceptors (Lipinski definition) is 4. The summed E-state index contributed by atoms with van der Waals surface area (Å²) in [6, 6.07) is 25.9. The first-order chi connectivity index (χ1) is 19.9. The summed E-state index contributed by atoms with van der Waals surface area (Å²) in [5.41, 5.74) is 3.22. The first-order valence-corrected chi connectivity index (χ1v) is 13.5. The predicted octanol–water partition coefficient (Wildman–Crippen LogP) is 3.51. The van der Waals surface area contributed by atoms with Gasteiger partial charge in [0.15, 0.2) is 0 Å². The van der Waals surface area contributed by atoms with Crippen molar-refractivity contribution in [1.29, 1.82) is 0 Å². The molecule has 0 radical (unpaired) electrons. The molecule has 41 heavy (non-hydrogen) atoms. The molecule has 0 saturated carbocycles. The van der Waals surface area contributed by atoms with Gasteiger partial charge in [0.1, 0.15) is 6.04 Å². The molecule has 5 aromatic rings. The zero-order chi connectivity index (χ0) is 28.5. The minimum Gasteiger partial charge on any atom is -0.481 e. The fourth-order valence-corrected chi connectivity index (χ4v) is 5.70. The van der Waals surface area contributed by atoms with Gasteiger partial charge in [-0.2, -0.15) is 0 Å². The van der Waals surface area contributed by atoms with Gasteiger partial charge in [-0.05, 0) is 29.2 Å². The third-order valence-corrected chi connectivity index (χ3v) is 7.58. The Morgan fingerprint density at radius 2 is 1.59 bits per heavy atom. The summed E-state index contributed by atoms with van der Waals surface area (Å²) in [6.07, 6.45) is 0.243. The van der Waals surface area contributed by atoms with Crippen LogP contribution < -0.4 is 16.6 Å². The Balaban J connectivity index is 1.45. The van der Waals surface area contributed by atoms with Crippen LogP contribution >= 0.6 is 0 Å². The van der Waals surface area contributed by atoms with Crippen molar-refractivity contribution in [1.82, 2.24) is 19.4 Å². The maximum absolute atomic E-state index is 14.0. The van der Waals surface area contributed by atoms with E-state index in [1.165, 1.54) is 10.6 Å². The molecule has 2 aromatic heterocycles. The maximum atomic E-state index is 14.0. The van der Waals surface area contributed by atoms with Crippen LogP contribution in [0.15, 0.2) is 101 Å². The van der Waals surface area contributed by atoms with Gasteiger partial charge < -0.3 is 15.4 Å². The lowest BCUT2D eigenvalue weighted by Crippen LogP contribution is -2.49. The number of H-pyrrole nitrogens is 1. The van der Waals surface area contributed by atoms with E-state index in [0.29, 0.717) is 17.8 Å². The van der Waals surface area contributed by atoms with Gasteiger partial charge in [0, 0.05) is 29.4 Å². The molecule has 1 aliphatic rings. The van der Waals surface area contributed by atoms with Gasteiger partial charge in [-0.15, -0.1) is 0 Å². The van der Waals surface area contributed by atoms with Crippen LogP contribution in [0, 0.1) is 0 Å². The first-order valence-electron chi connectivity index (χ1n) is 13.5. The summed E-state index contributed by atoms with van der Waals surface area (Å²) >= 11 is 0. The minimum absolute atomic E-state index is 0.0579. The van der Waals surface area contributed by atoms with Gasteiger partial charge in [-0.1, -0.05) is 78.9 Å². The van der Waals surface area contributed by atoms with Crippen LogP contribution in [-0.2, 0) is 29.0 Å². The Labute approximate surface area is 234 Å². The van der Waals surface area contributed by atoms with Crippen molar-refractivity contribution >= 4 is 22.8 Å². The number of aromatic nitrogens is 3. The molecule has 0 bridgehead atoms. The molecule has 3 N–H and O–H groups in total. The van der Waals surface area contributed by atoms with Gasteiger partial charge in [-0.25, -0.2) is 4.79 Å². The topological polar surface area (TPSA) is 126 Å². The number of aliphatic carboxylic acids is 1. The Morgan fingerprint density at radius 3 is 2.29 bits per heavy atom. The highest BCUT2D eigenvalue weighted by Crippen LogP contribution is 2.37. The molecule has 206 valence electrons. The summed E-state index contributed by atoms with van der Waals surface area (Å²) in [4.78, 5) is 56.2. The van der Waals surface area contributed by atoms with Gasteiger partial charge in [-0.3, -0.25) is 23.5 Å². The van der Waals surface area contributed by atoms with E-state index in [4.69, 9.17) is 0 Å². The summed E-state index contributed by atoms with van der Waals surface area (Å²) in [7, 11) is 0. The summed E-state index contributed by atoms with van der Waals surface area (Å²) in [5, 5.41) is 13.4. The van der Waals surface area contributed by atoms with Crippen LogP contribution in [0.2, 0.25) is 0 Å². The number of rotatable bonds is 8. The molecule has 0 saturated heterocycles. The largest absolute Gasteiger partial charge is 0.481 e. The fraction of sp³-hybridized carbons (Fsp3) is 0.188. The number of para-hydroxylation sites is 1. The molecule has 0 aliphatic carbocycles.